The summed E-state index contributed by atoms with van der Waals surface area (Å²) < 4.78 is 26.7. The molecule has 9 heteroatoms. The van der Waals surface area contributed by atoms with E-state index in [4.69, 9.17) is 17.3 Å². The third-order valence-electron chi connectivity index (χ3n) is 2.59. The van der Waals surface area contributed by atoms with Gasteiger partial charge in [0.1, 0.15) is 4.90 Å². The highest BCUT2D eigenvalue weighted by atomic mass is 35.5. The molecule has 0 radical (unpaired) electrons. The minimum absolute atomic E-state index is 0.203. The number of benzene rings is 2. The second-order valence-corrected chi connectivity index (χ2v) is 6.18. The van der Waals surface area contributed by atoms with Crippen LogP contribution in [0.3, 0.4) is 0 Å². The van der Waals surface area contributed by atoms with E-state index in [1.807, 2.05) is 0 Å². The molecule has 0 aliphatic carbocycles. The first-order chi connectivity index (χ1) is 9.79. The first-order valence-corrected chi connectivity index (χ1v) is 7.48. The highest BCUT2D eigenvalue weighted by Crippen LogP contribution is 2.26. The van der Waals surface area contributed by atoms with Crippen LogP contribution in [0.1, 0.15) is 0 Å². The predicted molar refractivity (Wildman–Crippen MR) is 79.8 cm³/mol. The van der Waals surface area contributed by atoms with Crippen LogP contribution >= 0.6 is 11.6 Å². The summed E-state index contributed by atoms with van der Waals surface area (Å²) in [7, 11) is -3.94. The topological polar surface area (TPSA) is 115 Å². The number of rotatable bonds is 4. The third-order valence-corrected chi connectivity index (χ3v) is 4.30. The van der Waals surface area contributed by atoms with Gasteiger partial charge in [-0.25, -0.2) is 8.42 Å². The Labute approximate surface area is 125 Å². The summed E-state index contributed by atoms with van der Waals surface area (Å²) in [5, 5.41) is 11.1. The molecular weight excluding hydrogens is 318 g/mol. The van der Waals surface area contributed by atoms with E-state index in [-0.39, 0.29) is 16.3 Å². The quantitative estimate of drug-likeness (QED) is 0.508. The summed E-state index contributed by atoms with van der Waals surface area (Å²) in [5.74, 6) is 0. The summed E-state index contributed by atoms with van der Waals surface area (Å²) in [6.07, 6.45) is 0. The monoisotopic (exact) mass is 327 g/mol. The molecule has 3 N–H and O–H groups in total. The lowest BCUT2D eigenvalue weighted by molar-refractivity contribution is -0.384. The summed E-state index contributed by atoms with van der Waals surface area (Å²) in [5.41, 5.74) is 5.40. The Bertz CT molecular complexity index is 791. The fourth-order valence-electron chi connectivity index (χ4n) is 1.62. The van der Waals surface area contributed by atoms with E-state index >= 15 is 0 Å². The fraction of sp³-hybridized carbons (Fsp3) is 0. The van der Waals surface area contributed by atoms with Crippen LogP contribution in [-0.2, 0) is 10.0 Å². The minimum Gasteiger partial charge on any atom is -0.397 e. The van der Waals surface area contributed by atoms with Crippen LogP contribution < -0.4 is 10.5 Å². The summed E-state index contributed by atoms with van der Waals surface area (Å²) >= 11 is 5.71. The average Bonchev–Trinajstić information content (AvgIpc) is 2.40. The van der Waals surface area contributed by atoms with Gasteiger partial charge in [0.05, 0.1) is 10.6 Å². The van der Waals surface area contributed by atoms with Crippen LogP contribution in [0.5, 0.6) is 0 Å². The van der Waals surface area contributed by atoms with Crippen molar-refractivity contribution >= 4 is 38.7 Å². The van der Waals surface area contributed by atoms with E-state index < -0.39 is 14.9 Å². The van der Waals surface area contributed by atoms with E-state index in [1.54, 1.807) is 0 Å². The lowest BCUT2D eigenvalue weighted by Crippen LogP contribution is -2.14. The SMILES string of the molecule is Nc1cc([N+](=O)[O-])ccc1S(=O)(=O)Nc1ccc(Cl)cc1. The summed E-state index contributed by atoms with van der Waals surface area (Å²) in [6, 6.07) is 9.19. The molecule has 0 atom stereocenters. The molecule has 0 amide bonds. The maximum absolute atomic E-state index is 12.2. The Morgan fingerprint density at radius 2 is 1.76 bits per heavy atom. The van der Waals surface area contributed by atoms with Crippen LogP contribution in [0.15, 0.2) is 47.4 Å². The fourth-order valence-corrected chi connectivity index (χ4v) is 2.92. The molecule has 0 unspecified atom stereocenters. The van der Waals surface area contributed by atoms with Crippen molar-refractivity contribution in [3.8, 4) is 0 Å². The summed E-state index contributed by atoms with van der Waals surface area (Å²) in [6.45, 7) is 0. The lowest BCUT2D eigenvalue weighted by atomic mass is 10.3. The molecule has 0 saturated carbocycles. The number of nitrogen functional groups attached to an aromatic ring is 1. The average molecular weight is 328 g/mol. The zero-order valence-corrected chi connectivity index (χ0v) is 12.1. The Hall–Kier alpha value is -2.32. The number of non-ortho nitro benzene ring substituents is 1. The van der Waals surface area contributed by atoms with Crippen LogP contribution in [0.4, 0.5) is 17.1 Å². The van der Waals surface area contributed by atoms with Crippen molar-refractivity contribution in [2.45, 2.75) is 4.90 Å². The molecular formula is C12H10ClN3O4S. The van der Waals surface area contributed by atoms with Crippen molar-refractivity contribution in [2.75, 3.05) is 10.5 Å². The van der Waals surface area contributed by atoms with Crippen molar-refractivity contribution in [3.05, 3.63) is 57.6 Å². The number of halogens is 1. The van der Waals surface area contributed by atoms with E-state index in [0.717, 1.165) is 18.2 Å². The van der Waals surface area contributed by atoms with E-state index in [0.29, 0.717) is 10.7 Å². The highest BCUT2D eigenvalue weighted by Gasteiger charge is 2.20. The Kier molecular flexibility index (Phi) is 4.01. The van der Waals surface area contributed by atoms with Crippen LogP contribution in [0.2, 0.25) is 5.02 Å². The molecule has 0 bridgehead atoms. The molecule has 0 heterocycles. The second kappa shape index (κ2) is 5.58. The van der Waals surface area contributed by atoms with Gasteiger partial charge in [-0.15, -0.1) is 0 Å². The smallest absolute Gasteiger partial charge is 0.271 e. The second-order valence-electron chi connectivity index (χ2n) is 4.09. The van der Waals surface area contributed by atoms with Gasteiger partial charge in [0.15, 0.2) is 0 Å². The predicted octanol–water partition coefficient (Wildman–Crippen LogP) is 2.63. The molecule has 7 nitrogen and oxygen atoms in total. The number of nitro groups is 1. The number of nitrogens with one attached hydrogen (secondary N) is 1. The van der Waals surface area contributed by atoms with Gasteiger partial charge in [0.25, 0.3) is 15.7 Å². The molecule has 0 fully saturated rings. The molecule has 21 heavy (non-hydrogen) atoms. The van der Waals surface area contributed by atoms with Gasteiger partial charge in [-0.2, -0.15) is 0 Å². The first-order valence-electron chi connectivity index (χ1n) is 5.62. The van der Waals surface area contributed by atoms with Crippen molar-refractivity contribution in [3.63, 3.8) is 0 Å². The Morgan fingerprint density at radius 3 is 2.29 bits per heavy atom. The molecule has 0 aliphatic rings. The first kappa shape index (κ1) is 15.1. The van der Waals surface area contributed by atoms with Crippen molar-refractivity contribution in [1.82, 2.24) is 0 Å². The van der Waals surface area contributed by atoms with E-state index in [2.05, 4.69) is 4.72 Å². The molecule has 2 rings (SSSR count). The van der Waals surface area contributed by atoms with Crippen LogP contribution in [0, 0.1) is 10.1 Å². The molecule has 0 spiro atoms. The number of hydrogen-bond donors (Lipinski definition) is 2. The van der Waals surface area contributed by atoms with Crippen LogP contribution in [-0.4, -0.2) is 13.3 Å². The van der Waals surface area contributed by atoms with Crippen molar-refractivity contribution < 1.29 is 13.3 Å². The standard InChI is InChI=1S/C12H10ClN3O4S/c13-8-1-3-9(4-2-8)15-21(19,20)12-6-5-10(16(17)18)7-11(12)14/h1-7,15H,14H2. The van der Waals surface area contributed by atoms with Gasteiger partial charge < -0.3 is 5.73 Å². The van der Waals surface area contributed by atoms with Gasteiger partial charge in [-0.3, -0.25) is 14.8 Å². The van der Waals surface area contributed by atoms with Crippen molar-refractivity contribution in [2.24, 2.45) is 0 Å². The number of nitrogens with zero attached hydrogens (tertiary/aromatic N) is 1. The number of hydrogen-bond acceptors (Lipinski definition) is 5. The maximum atomic E-state index is 12.2. The zero-order chi connectivity index (χ0) is 15.6. The zero-order valence-electron chi connectivity index (χ0n) is 10.5. The lowest BCUT2D eigenvalue weighted by Gasteiger charge is -2.10. The van der Waals surface area contributed by atoms with Gasteiger partial charge in [-0.1, -0.05) is 11.6 Å². The highest BCUT2D eigenvalue weighted by molar-refractivity contribution is 7.92. The van der Waals surface area contributed by atoms with Crippen LogP contribution in [0.25, 0.3) is 0 Å². The molecule has 0 aliphatic heterocycles. The van der Waals surface area contributed by atoms with Gasteiger partial charge >= 0.3 is 0 Å². The van der Waals surface area contributed by atoms with Gasteiger partial charge in [0.2, 0.25) is 0 Å². The van der Waals surface area contributed by atoms with E-state index in [9.17, 15) is 18.5 Å². The van der Waals surface area contributed by atoms with Crippen molar-refractivity contribution in [1.29, 1.82) is 0 Å². The van der Waals surface area contributed by atoms with Gasteiger partial charge in [-0.05, 0) is 30.3 Å². The molecule has 2 aromatic rings. The molecule has 110 valence electrons. The number of nitrogens with two attached hydrogens (primary N) is 1. The normalized spacial score (nSPS) is 11.1. The molecule has 2 aromatic carbocycles. The third kappa shape index (κ3) is 3.41. The number of sulfonamides is 1. The summed E-state index contributed by atoms with van der Waals surface area (Å²) in [4.78, 5) is 9.72. The van der Waals surface area contributed by atoms with E-state index in [1.165, 1.54) is 24.3 Å². The maximum Gasteiger partial charge on any atom is 0.271 e. The number of nitro benzene ring substituents is 1. The molecule has 0 saturated heterocycles. The Balaban J connectivity index is 2.35. The number of anilines is 2. The largest absolute Gasteiger partial charge is 0.397 e. The minimum atomic E-state index is -3.94. The molecule has 0 aromatic heterocycles. The Morgan fingerprint density at radius 1 is 1.14 bits per heavy atom. The van der Waals surface area contributed by atoms with Gasteiger partial charge in [0, 0.05) is 22.8 Å².